The van der Waals surface area contributed by atoms with Gasteiger partial charge >= 0.3 is 0 Å². The maximum atomic E-state index is 14.5. The molecule has 0 radical (unpaired) electrons. The van der Waals surface area contributed by atoms with Gasteiger partial charge in [-0.05, 0) is 30.8 Å². The second kappa shape index (κ2) is 8.30. The molecule has 7 heteroatoms. The lowest BCUT2D eigenvalue weighted by Gasteiger charge is -2.33. The predicted octanol–water partition coefficient (Wildman–Crippen LogP) is 2.56. The third kappa shape index (κ3) is 4.60. The molecule has 3 aromatic rings. The molecule has 2 aromatic carbocycles. The van der Waals surface area contributed by atoms with E-state index in [0.29, 0.717) is 6.54 Å². The molecule has 0 aliphatic rings. The Labute approximate surface area is 162 Å². The van der Waals surface area contributed by atoms with E-state index in [0.717, 1.165) is 23.3 Å². The van der Waals surface area contributed by atoms with Crippen LogP contribution in [0.1, 0.15) is 16.7 Å². The number of hydrogen-bond donors (Lipinski definition) is 1. The molecule has 1 atom stereocenters. The molecule has 1 heterocycles. The largest absolute Gasteiger partial charge is 0.382 e. The minimum atomic E-state index is -1.64. The Morgan fingerprint density at radius 2 is 1.96 bits per heavy atom. The molecule has 0 saturated carbocycles. The molecule has 0 bridgehead atoms. The summed E-state index contributed by atoms with van der Waals surface area (Å²) in [6, 6.07) is 10.6. The van der Waals surface area contributed by atoms with Crippen molar-refractivity contribution < 1.29 is 13.9 Å². The fraction of sp³-hybridized carbons (Fsp3) is 0.238. The first-order valence-electron chi connectivity index (χ1n) is 8.64. The molecule has 0 saturated heterocycles. The van der Waals surface area contributed by atoms with E-state index in [2.05, 4.69) is 16.0 Å². The lowest BCUT2D eigenvalue weighted by atomic mass is 9.92. The first kappa shape index (κ1) is 19.7. The molecule has 0 aliphatic carbocycles. The molecule has 0 amide bonds. The number of nitrogens with zero attached hydrogens (tertiary/aromatic N) is 4. The van der Waals surface area contributed by atoms with Crippen LogP contribution in [0.3, 0.4) is 0 Å². The summed E-state index contributed by atoms with van der Waals surface area (Å²) in [5.41, 5.74) is 0.129. The Hall–Kier alpha value is -3.08. The third-order valence-corrected chi connectivity index (χ3v) is 4.43. The Balaban J connectivity index is 1.84. The zero-order valence-corrected chi connectivity index (χ0v) is 15.4. The van der Waals surface area contributed by atoms with Gasteiger partial charge in [0.2, 0.25) is 0 Å². The van der Waals surface area contributed by atoms with Crippen molar-refractivity contribution in [2.24, 2.45) is 0 Å². The van der Waals surface area contributed by atoms with Crippen LogP contribution in [-0.2, 0) is 18.7 Å². The SMILES string of the molecule is C#Cc1ccc(CN(C)CC(O)(Cn2cncn2)c2ccc(F)cc2F)cc1. The van der Waals surface area contributed by atoms with E-state index in [9.17, 15) is 13.9 Å². The standard InChI is InChI=1S/C21H20F2N4O/c1-3-16-4-6-17(7-5-16)11-26(2)12-21(28,13-27-15-24-14-25-27)19-9-8-18(22)10-20(19)23/h1,4-10,14-15,28H,11-13H2,2H3. The van der Waals surface area contributed by atoms with E-state index in [4.69, 9.17) is 6.42 Å². The maximum Gasteiger partial charge on any atom is 0.137 e. The molecular weight excluding hydrogens is 362 g/mol. The van der Waals surface area contributed by atoms with Crippen LogP contribution < -0.4 is 0 Å². The Bertz CT molecular complexity index is 967. The molecule has 5 nitrogen and oxygen atoms in total. The fourth-order valence-corrected chi connectivity index (χ4v) is 3.19. The van der Waals surface area contributed by atoms with E-state index < -0.39 is 17.2 Å². The second-order valence-electron chi connectivity index (χ2n) is 6.76. The van der Waals surface area contributed by atoms with Crippen LogP contribution in [-0.4, -0.2) is 38.4 Å². The average molecular weight is 382 g/mol. The molecule has 0 spiro atoms. The highest BCUT2D eigenvalue weighted by atomic mass is 19.1. The minimum absolute atomic E-state index is 0.000991. The van der Waals surface area contributed by atoms with Crippen LogP contribution in [0.25, 0.3) is 0 Å². The summed E-state index contributed by atoms with van der Waals surface area (Å²) in [7, 11) is 1.81. The van der Waals surface area contributed by atoms with Gasteiger partial charge in [-0.25, -0.2) is 18.4 Å². The number of terminal acetylenes is 1. The van der Waals surface area contributed by atoms with Crippen LogP contribution in [0, 0.1) is 24.0 Å². The van der Waals surface area contributed by atoms with Crippen molar-refractivity contribution in [1.29, 1.82) is 0 Å². The van der Waals surface area contributed by atoms with Gasteiger partial charge in [0.15, 0.2) is 0 Å². The van der Waals surface area contributed by atoms with Gasteiger partial charge in [-0.15, -0.1) is 6.42 Å². The number of aliphatic hydroxyl groups is 1. The van der Waals surface area contributed by atoms with E-state index in [1.807, 2.05) is 36.2 Å². The van der Waals surface area contributed by atoms with Gasteiger partial charge in [0.05, 0.1) is 6.54 Å². The van der Waals surface area contributed by atoms with Gasteiger partial charge in [-0.2, -0.15) is 5.10 Å². The van der Waals surface area contributed by atoms with Crippen LogP contribution in [0.4, 0.5) is 8.78 Å². The van der Waals surface area contributed by atoms with Gasteiger partial charge in [-0.3, -0.25) is 4.90 Å². The summed E-state index contributed by atoms with van der Waals surface area (Å²) in [6.45, 7) is 0.565. The van der Waals surface area contributed by atoms with E-state index in [1.165, 1.54) is 23.4 Å². The smallest absolute Gasteiger partial charge is 0.137 e. The molecule has 144 valence electrons. The molecule has 28 heavy (non-hydrogen) atoms. The molecule has 3 rings (SSSR count). The number of rotatable bonds is 7. The van der Waals surface area contributed by atoms with Crippen molar-refractivity contribution in [3.8, 4) is 12.3 Å². The second-order valence-corrected chi connectivity index (χ2v) is 6.76. The van der Waals surface area contributed by atoms with E-state index in [1.54, 1.807) is 0 Å². The summed E-state index contributed by atoms with van der Waals surface area (Å²) >= 11 is 0. The number of benzene rings is 2. The van der Waals surface area contributed by atoms with Gasteiger partial charge in [-0.1, -0.05) is 24.1 Å². The van der Waals surface area contributed by atoms with Gasteiger partial charge in [0.25, 0.3) is 0 Å². The Kier molecular flexibility index (Phi) is 5.83. The highest BCUT2D eigenvalue weighted by Crippen LogP contribution is 2.28. The monoisotopic (exact) mass is 382 g/mol. The van der Waals surface area contributed by atoms with Gasteiger partial charge in [0, 0.05) is 30.3 Å². The van der Waals surface area contributed by atoms with Crippen LogP contribution in [0.5, 0.6) is 0 Å². The summed E-state index contributed by atoms with van der Waals surface area (Å²) < 4.78 is 29.2. The number of hydrogen-bond acceptors (Lipinski definition) is 4. The molecule has 1 aromatic heterocycles. The molecule has 1 unspecified atom stereocenters. The number of aromatic nitrogens is 3. The van der Waals surface area contributed by atoms with Crippen molar-refractivity contribution in [2.75, 3.05) is 13.6 Å². The quantitative estimate of drug-likeness (QED) is 0.638. The van der Waals surface area contributed by atoms with Gasteiger partial charge < -0.3 is 5.11 Å². The van der Waals surface area contributed by atoms with E-state index in [-0.39, 0.29) is 18.7 Å². The zero-order valence-electron chi connectivity index (χ0n) is 15.4. The molecule has 0 fully saturated rings. The fourth-order valence-electron chi connectivity index (χ4n) is 3.19. The minimum Gasteiger partial charge on any atom is -0.382 e. The van der Waals surface area contributed by atoms with Crippen molar-refractivity contribution in [1.82, 2.24) is 19.7 Å². The molecule has 1 N–H and O–H groups in total. The van der Waals surface area contributed by atoms with Crippen molar-refractivity contribution >= 4 is 0 Å². The molecular formula is C21H20F2N4O. The molecule has 0 aliphatic heterocycles. The van der Waals surface area contributed by atoms with Crippen molar-refractivity contribution in [2.45, 2.75) is 18.7 Å². The number of likely N-dealkylation sites (N-methyl/N-ethyl adjacent to an activating group) is 1. The summed E-state index contributed by atoms with van der Waals surface area (Å²) in [5.74, 6) is 1.05. The maximum absolute atomic E-state index is 14.5. The summed E-state index contributed by atoms with van der Waals surface area (Å²) in [5, 5.41) is 15.3. The topological polar surface area (TPSA) is 54.2 Å². The first-order chi connectivity index (χ1) is 13.4. The Morgan fingerprint density at radius 3 is 2.57 bits per heavy atom. The lowest BCUT2D eigenvalue weighted by Crippen LogP contribution is -2.43. The van der Waals surface area contributed by atoms with Crippen LogP contribution in [0.15, 0.2) is 55.1 Å². The predicted molar refractivity (Wildman–Crippen MR) is 101 cm³/mol. The van der Waals surface area contributed by atoms with Crippen molar-refractivity contribution in [3.05, 3.63) is 83.4 Å². The van der Waals surface area contributed by atoms with Crippen LogP contribution >= 0.6 is 0 Å². The number of halogens is 2. The average Bonchev–Trinajstić information content (AvgIpc) is 3.14. The zero-order chi connectivity index (χ0) is 20.1. The summed E-state index contributed by atoms with van der Waals surface area (Å²) in [4.78, 5) is 5.71. The highest BCUT2D eigenvalue weighted by Gasteiger charge is 2.34. The van der Waals surface area contributed by atoms with Gasteiger partial charge in [0.1, 0.15) is 29.9 Å². The summed E-state index contributed by atoms with van der Waals surface area (Å²) in [6.07, 6.45) is 8.14. The van der Waals surface area contributed by atoms with Crippen molar-refractivity contribution in [3.63, 3.8) is 0 Å². The third-order valence-electron chi connectivity index (χ3n) is 4.43. The Morgan fingerprint density at radius 1 is 1.21 bits per heavy atom. The highest BCUT2D eigenvalue weighted by molar-refractivity contribution is 5.34. The van der Waals surface area contributed by atoms with E-state index >= 15 is 0 Å². The lowest BCUT2D eigenvalue weighted by molar-refractivity contribution is -0.0175. The van der Waals surface area contributed by atoms with Crippen LogP contribution in [0.2, 0.25) is 0 Å². The first-order valence-corrected chi connectivity index (χ1v) is 8.64. The normalized spacial score (nSPS) is 13.3.